The number of aliphatic hydroxyl groups is 1. The maximum absolute atomic E-state index is 12.2. The van der Waals surface area contributed by atoms with Gasteiger partial charge in [-0.1, -0.05) is 44.2 Å². The zero-order chi connectivity index (χ0) is 15.2. The van der Waals surface area contributed by atoms with Crippen LogP contribution < -0.4 is 0 Å². The molecule has 1 aromatic rings. The number of benzene rings is 1. The van der Waals surface area contributed by atoms with Gasteiger partial charge in [-0.2, -0.15) is 5.06 Å². The highest BCUT2D eigenvalue weighted by molar-refractivity contribution is 5.76. The van der Waals surface area contributed by atoms with Gasteiger partial charge in [-0.25, -0.2) is 4.79 Å². The van der Waals surface area contributed by atoms with Crippen molar-refractivity contribution in [3.8, 4) is 0 Å². The van der Waals surface area contributed by atoms with Crippen molar-refractivity contribution in [1.82, 2.24) is 9.96 Å². The van der Waals surface area contributed by atoms with Crippen LogP contribution in [0.15, 0.2) is 30.3 Å². The van der Waals surface area contributed by atoms with Crippen molar-refractivity contribution in [1.29, 1.82) is 0 Å². The van der Waals surface area contributed by atoms with Crippen molar-refractivity contribution in [3.05, 3.63) is 35.9 Å². The number of piperidine rings is 1. The summed E-state index contributed by atoms with van der Waals surface area (Å²) in [4.78, 5) is 19.6. The molecule has 116 valence electrons. The number of fused-ring (bicyclic) bond motifs is 2. The van der Waals surface area contributed by atoms with Crippen LogP contribution in [0.2, 0.25) is 0 Å². The summed E-state index contributed by atoms with van der Waals surface area (Å²) in [7, 11) is 0. The maximum atomic E-state index is 12.2. The molecule has 1 aromatic carbocycles. The number of rotatable bonds is 4. The smallest absolute Gasteiger partial charge is 0.344 e. The molecule has 5 heteroatoms. The van der Waals surface area contributed by atoms with Crippen LogP contribution in [0.1, 0.15) is 32.3 Å². The Kier molecular flexibility index (Phi) is 5.59. The van der Waals surface area contributed by atoms with E-state index in [0.717, 1.165) is 18.4 Å². The predicted molar refractivity (Wildman–Crippen MR) is 80.4 cm³/mol. The van der Waals surface area contributed by atoms with E-state index in [9.17, 15) is 9.90 Å². The number of hydrogen-bond donors (Lipinski definition) is 1. The third-order valence-electron chi connectivity index (χ3n) is 3.87. The van der Waals surface area contributed by atoms with E-state index in [4.69, 9.17) is 4.84 Å². The number of hydrogen-bond acceptors (Lipinski definition) is 3. The fourth-order valence-corrected chi connectivity index (χ4v) is 2.79. The third kappa shape index (κ3) is 3.36. The number of amides is 2. The van der Waals surface area contributed by atoms with Gasteiger partial charge in [-0.15, -0.1) is 0 Å². The molecule has 2 saturated heterocycles. The lowest BCUT2D eigenvalue weighted by Gasteiger charge is -2.28. The highest BCUT2D eigenvalue weighted by Crippen LogP contribution is 2.30. The van der Waals surface area contributed by atoms with Crippen LogP contribution in [0.4, 0.5) is 4.79 Å². The Balaban J connectivity index is 0.000000774. The molecule has 0 saturated carbocycles. The number of nitrogens with zero attached hydrogens (tertiary/aromatic N) is 2. The fraction of sp³-hybridized carbons (Fsp3) is 0.562. The van der Waals surface area contributed by atoms with Crippen molar-refractivity contribution in [3.63, 3.8) is 0 Å². The van der Waals surface area contributed by atoms with Gasteiger partial charge in [0.15, 0.2) is 0 Å². The van der Waals surface area contributed by atoms with Crippen molar-refractivity contribution in [2.24, 2.45) is 0 Å². The Morgan fingerprint density at radius 3 is 2.62 bits per heavy atom. The predicted octanol–water partition coefficient (Wildman–Crippen LogP) is 2.41. The number of urea groups is 1. The van der Waals surface area contributed by atoms with Crippen LogP contribution in [0.3, 0.4) is 0 Å². The van der Waals surface area contributed by atoms with Crippen LogP contribution in [-0.4, -0.2) is 46.3 Å². The molecule has 0 spiro atoms. The lowest BCUT2D eigenvalue weighted by molar-refractivity contribution is -0.140. The summed E-state index contributed by atoms with van der Waals surface area (Å²) in [6, 6.07) is 9.77. The van der Waals surface area contributed by atoms with E-state index in [-0.39, 0.29) is 24.7 Å². The molecule has 0 aromatic heterocycles. The summed E-state index contributed by atoms with van der Waals surface area (Å²) in [5.74, 6) is 0. The van der Waals surface area contributed by atoms with Gasteiger partial charge < -0.3 is 10.0 Å². The molecule has 2 bridgehead atoms. The molecule has 1 N–H and O–H groups in total. The van der Waals surface area contributed by atoms with Gasteiger partial charge in [0.1, 0.15) is 6.61 Å². The van der Waals surface area contributed by atoms with Crippen LogP contribution in [-0.2, 0) is 11.4 Å². The van der Waals surface area contributed by atoms with Crippen LogP contribution >= 0.6 is 0 Å². The highest BCUT2D eigenvalue weighted by atomic mass is 16.7. The molecule has 0 aliphatic carbocycles. The van der Waals surface area contributed by atoms with Gasteiger partial charge in [0, 0.05) is 6.54 Å². The van der Waals surface area contributed by atoms with Crippen LogP contribution in [0.25, 0.3) is 0 Å². The fourth-order valence-electron chi connectivity index (χ4n) is 2.79. The van der Waals surface area contributed by atoms with Crippen molar-refractivity contribution >= 4 is 6.03 Å². The average molecular weight is 292 g/mol. The number of hydroxylamine groups is 2. The largest absolute Gasteiger partial charge is 0.394 e. The second-order valence-corrected chi connectivity index (χ2v) is 5.09. The molecule has 0 radical (unpaired) electrons. The first kappa shape index (κ1) is 15.8. The zero-order valence-electron chi connectivity index (χ0n) is 12.7. The second kappa shape index (κ2) is 7.43. The van der Waals surface area contributed by atoms with Gasteiger partial charge >= 0.3 is 6.03 Å². The zero-order valence-corrected chi connectivity index (χ0v) is 12.7. The number of aliphatic hydroxyl groups excluding tert-OH is 1. The Morgan fingerprint density at radius 2 is 1.95 bits per heavy atom. The molecule has 2 fully saturated rings. The Hall–Kier alpha value is -1.59. The molecular formula is C16H24N2O3. The van der Waals surface area contributed by atoms with Crippen molar-refractivity contribution in [2.75, 3.05) is 13.2 Å². The minimum absolute atomic E-state index is 0.0327. The average Bonchev–Trinajstić information content (AvgIpc) is 2.80. The third-order valence-corrected chi connectivity index (χ3v) is 3.87. The Labute approximate surface area is 126 Å². The lowest BCUT2D eigenvalue weighted by Crippen LogP contribution is -2.42. The first-order valence-corrected chi connectivity index (χ1v) is 7.67. The molecule has 2 amide bonds. The minimum Gasteiger partial charge on any atom is -0.394 e. The molecular weight excluding hydrogens is 268 g/mol. The van der Waals surface area contributed by atoms with E-state index in [1.165, 1.54) is 5.06 Å². The van der Waals surface area contributed by atoms with Crippen LogP contribution in [0, 0.1) is 0 Å². The number of carbonyl (C=O) groups is 1. The monoisotopic (exact) mass is 292 g/mol. The molecule has 2 aliphatic heterocycles. The highest BCUT2D eigenvalue weighted by Gasteiger charge is 2.45. The Morgan fingerprint density at radius 1 is 1.24 bits per heavy atom. The molecule has 2 atom stereocenters. The molecule has 3 rings (SSSR count). The van der Waals surface area contributed by atoms with E-state index >= 15 is 0 Å². The van der Waals surface area contributed by atoms with E-state index in [0.29, 0.717) is 13.2 Å². The number of carbonyl (C=O) groups excluding carboxylic acids is 1. The first-order chi connectivity index (χ1) is 10.3. The van der Waals surface area contributed by atoms with Gasteiger partial charge in [-0.05, 0) is 18.4 Å². The maximum Gasteiger partial charge on any atom is 0.344 e. The molecule has 21 heavy (non-hydrogen) atoms. The van der Waals surface area contributed by atoms with Gasteiger partial charge in [0.2, 0.25) is 0 Å². The minimum atomic E-state index is -0.113. The molecule has 2 aliphatic rings. The SMILES string of the molecule is CC.O=C1N(OCc2ccccc2)C2CC[C@@H](CO)N1C2. The summed E-state index contributed by atoms with van der Waals surface area (Å²) in [5.41, 5.74) is 1.05. The second-order valence-electron chi connectivity index (χ2n) is 5.09. The van der Waals surface area contributed by atoms with Crippen molar-refractivity contribution < 1.29 is 14.7 Å². The summed E-state index contributed by atoms with van der Waals surface area (Å²) in [6.45, 7) is 5.10. The van der Waals surface area contributed by atoms with Gasteiger partial charge in [0.25, 0.3) is 0 Å². The summed E-state index contributed by atoms with van der Waals surface area (Å²) in [6.07, 6.45) is 1.74. The quantitative estimate of drug-likeness (QED) is 0.927. The first-order valence-electron chi connectivity index (χ1n) is 7.67. The van der Waals surface area contributed by atoms with E-state index in [1.54, 1.807) is 4.90 Å². The van der Waals surface area contributed by atoms with E-state index in [2.05, 4.69) is 0 Å². The van der Waals surface area contributed by atoms with Gasteiger partial charge in [-0.3, -0.25) is 4.84 Å². The summed E-state index contributed by atoms with van der Waals surface area (Å²) >= 11 is 0. The van der Waals surface area contributed by atoms with Gasteiger partial charge in [0.05, 0.1) is 18.7 Å². The lowest BCUT2D eigenvalue weighted by atomic mass is 10.0. The molecule has 2 heterocycles. The van der Waals surface area contributed by atoms with Crippen LogP contribution in [0.5, 0.6) is 0 Å². The molecule has 1 unspecified atom stereocenters. The van der Waals surface area contributed by atoms with Crippen molar-refractivity contribution in [2.45, 2.75) is 45.4 Å². The summed E-state index contributed by atoms with van der Waals surface area (Å²) in [5, 5.41) is 10.8. The standard InChI is InChI=1S/C14H18N2O3.C2H6/c17-9-13-7-6-12-8-15(13)14(18)16(12)19-10-11-4-2-1-3-5-11;1-2/h1-5,12-13,17H,6-10H2;1-2H3/t12?,13-;/m0./s1. The molecule has 5 nitrogen and oxygen atoms in total. The topological polar surface area (TPSA) is 53.0 Å². The Bertz CT molecular complexity index is 452. The normalized spacial score (nSPS) is 23.9. The summed E-state index contributed by atoms with van der Waals surface area (Å²) < 4.78 is 0. The van der Waals surface area contributed by atoms with E-state index in [1.807, 2.05) is 44.2 Å². The van der Waals surface area contributed by atoms with E-state index < -0.39 is 0 Å².